The van der Waals surface area contributed by atoms with E-state index in [1.54, 1.807) is 15.8 Å². The van der Waals surface area contributed by atoms with Crippen LogP contribution in [-0.2, 0) is 9.59 Å². The summed E-state index contributed by atoms with van der Waals surface area (Å²) in [7, 11) is 0. The normalized spacial score (nSPS) is 13.7. The molecule has 1 fully saturated rings. The smallest absolute Gasteiger partial charge is 0.312 e. The number of rotatable bonds is 4. The van der Waals surface area contributed by atoms with Crippen molar-refractivity contribution in [2.24, 2.45) is 0 Å². The molecular formula is C27H31N5O3. The van der Waals surface area contributed by atoms with Crippen molar-refractivity contribution in [1.29, 1.82) is 0 Å². The van der Waals surface area contributed by atoms with E-state index >= 15 is 0 Å². The molecule has 0 aliphatic carbocycles. The van der Waals surface area contributed by atoms with Crippen LogP contribution in [0.15, 0.2) is 54.7 Å². The van der Waals surface area contributed by atoms with E-state index in [-0.39, 0.29) is 11.9 Å². The number of hydrogen-bond donors (Lipinski definition) is 1. The number of para-hydroxylation sites is 1. The fourth-order valence-corrected chi connectivity index (χ4v) is 4.10. The fourth-order valence-electron chi connectivity index (χ4n) is 4.10. The second-order valence-electron chi connectivity index (χ2n) is 9.18. The van der Waals surface area contributed by atoms with Gasteiger partial charge in [-0.3, -0.25) is 14.4 Å². The molecule has 2 aromatic carbocycles. The predicted octanol–water partition coefficient (Wildman–Crippen LogP) is 2.97. The highest BCUT2D eigenvalue weighted by Crippen LogP contribution is 2.27. The Morgan fingerprint density at radius 3 is 2.17 bits per heavy atom. The minimum Gasteiger partial charge on any atom is -0.346 e. The van der Waals surface area contributed by atoms with Crippen LogP contribution in [0.1, 0.15) is 35.3 Å². The third-order valence-corrected chi connectivity index (χ3v) is 6.21. The molecule has 1 N–H and O–H groups in total. The first kappa shape index (κ1) is 24.2. The second-order valence-corrected chi connectivity index (χ2v) is 9.18. The van der Waals surface area contributed by atoms with E-state index in [1.165, 1.54) is 10.5 Å². The third-order valence-electron chi connectivity index (χ3n) is 6.21. The molecular weight excluding hydrogens is 442 g/mol. The molecule has 1 saturated heterocycles. The molecule has 0 unspecified atom stereocenters. The van der Waals surface area contributed by atoms with E-state index in [1.807, 2.05) is 69.3 Å². The highest BCUT2D eigenvalue weighted by Gasteiger charge is 2.30. The Morgan fingerprint density at radius 2 is 1.54 bits per heavy atom. The monoisotopic (exact) mass is 473 g/mol. The molecule has 3 amide bonds. The molecule has 0 spiro atoms. The molecule has 0 bridgehead atoms. The zero-order chi connectivity index (χ0) is 25.1. The van der Waals surface area contributed by atoms with Crippen LogP contribution in [0.4, 0.5) is 0 Å². The van der Waals surface area contributed by atoms with Gasteiger partial charge in [-0.2, -0.15) is 5.10 Å². The van der Waals surface area contributed by atoms with E-state index < -0.39 is 11.8 Å². The van der Waals surface area contributed by atoms with Crippen LogP contribution in [0.25, 0.3) is 16.9 Å². The summed E-state index contributed by atoms with van der Waals surface area (Å²) in [5.41, 5.74) is 5.17. The lowest BCUT2D eigenvalue weighted by Gasteiger charge is -2.34. The lowest BCUT2D eigenvalue weighted by atomic mass is 10.0. The van der Waals surface area contributed by atoms with Crippen molar-refractivity contribution in [2.75, 3.05) is 26.2 Å². The van der Waals surface area contributed by atoms with E-state index in [4.69, 9.17) is 5.10 Å². The minimum absolute atomic E-state index is 0.112. The fraction of sp³-hybridized carbons (Fsp3) is 0.333. The number of amides is 3. The maximum Gasteiger partial charge on any atom is 0.312 e. The van der Waals surface area contributed by atoms with E-state index in [0.29, 0.717) is 37.4 Å². The first-order valence-electron chi connectivity index (χ1n) is 11.9. The van der Waals surface area contributed by atoms with Crippen LogP contribution in [0.3, 0.4) is 0 Å². The van der Waals surface area contributed by atoms with E-state index in [0.717, 1.165) is 16.8 Å². The molecule has 182 valence electrons. The van der Waals surface area contributed by atoms with Gasteiger partial charge in [0, 0.05) is 44.0 Å². The Bertz CT molecular complexity index is 1240. The molecule has 8 nitrogen and oxygen atoms in total. The molecule has 0 saturated carbocycles. The maximum atomic E-state index is 13.6. The first-order valence-corrected chi connectivity index (χ1v) is 11.9. The second kappa shape index (κ2) is 10.1. The predicted molar refractivity (Wildman–Crippen MR) is 134 cm³/mol. The summed E-state index contributed by atoms with van der Waals surface area (Å²) in [4.78, 5) is 41.4. The van der Waals surface area contributed by atoms with Gasteiger partial charge in [-0.25, -0.2) is 4.68 Å². The van der Waals surface area contributed by atoms with Gasteiger partial charge in [0.1, 0.15) is 5.69 Å². The Morgan fingerprint density at radius 1 is 0.886 bits per heavy atom. The number of nitrogens with zero attached hydrogens (tertiary/aromatic N) is 4. The van der Waals surface area contributed by atoms with Crippen molar-refractivity contribution in [3.63, 3.8) is 0 Å². The highest BCUT2D eigenvalue weighted by atomic mass is 16.2. The number of aromatic nitrogens is 2. The quantitative estimate of drug-likeness (QED) is 0.590. The zero-order valence-corrected chi connectivity index (χ0v) is 20.6. The van der Waals surface area contributed by atoms with Gasteiger partial charge in [0.2, 0.25) is 0 Å². The lowest BCUT2D eigenvalue weighted by Crippen LogP contribution is -2.54. The first-order chi connectivity index (χ1) is 16.7. The van der Waals surface area contributed by atoms with Gasteiger partial charge in [0.25, 0.3) is 5.91 Å². The molecule has 35 heavy (non-hydrogen) atoms. The molecule has 1 aromatic heterocycles. The Kier molecular flexibility index (Phi) is 7.00. The number of nitrogens with one attached hydrogen (secondary N) is 1. The number of aryl methyl sites for hydroxylation is 2. The highest BCUT2D eigenvalue weighted by molar-refractivity contribution is 6.35. The number of hydrogen-bond acceptors (Lipinski definition) is 4. The van der Waals surface area contributed by atoms with E-state index in [9.17, 15) is 14.4 Å². The van der Waals surface area contributed by atoms with Gasteiger partial charge < -0.3 is 15.1 Å². The number of carbonyl (C=O) groups is 3. The van der Waals surface area contributed by atoms with Gasteiger partial charge in [-0.1, -0.05) is 30.3 Å². The molecule has 1 aliphatic rings. The molecule has 2 heterocycles. The van der Waals surface area contributed by atoms with Crippen LogP contribution in [0.5, 0.6) is 0 Å². The average Bonchev–Trinajstić information content (AvgIpc) is 3.30. The zero-order valence-electron chi connectivity index (χ0n) is 20.6. The summed E-state index contributed by atoms with van der Waals surface area (Å²) in [5.74, 6) is -1.31. The summed E-state index contributed by atoms with van der Waals surface area (Å²) in [6, 6.07) is 15.6. The molecule has 3 aromatic rings. The van der Waals surface area contributed by atoms with Crippen LogP contribution < -0.4 is 5.32 Å². The van der Waals surface area contributed by atoms with Crippen LogP contribution in [0, 0.1) is 13.8 Å². The van der Waals surface area contributed by atoms with Crippen LogP contribution in [0.2, 0.25) is 0 Å². The van der Waals surface area contributed by atoms with Gasteiger partial charge in [0.15, 0.2) is 0 Å². The summed E-state index contributed by atoms with van der Waals surface area (Å²) >= 11 is 0. The molecule has 4 rings (SSSR count). The summed E-state index contributed by atoms with van der Waals surface area (Å²) in [6.07, 6.45) is 1.77. The van der Waals surface area contributed by atoms with E-state index in [2.05, 4.69) is 12.2 Å². The van der Waals surface area contributed by atoms with Crippen molar-refractivity contribution in [3.8, 4) is 16.9 Å². The maximum absolute atomic E-state index is 13.6. The standard InChI is InChI=1S/C27H31N5O3/c1-18(2)28-25(33)27(35)31-14-12-30(13-15-31)26(34)23-17-32(22-8-6-5-7-9-22)29-24(23)21-11-10-19(3)20(4)16-21/h5-11,16-18H,12-15H2,1-4H3,(H,28,33). The molecule has 0 radical (unpaired) electrons. The van der Waals surface area contributed by atoms with Crippen molar-refractivity contribution < 1.29 is 14.4 Å². The van der Waals surface area contributed by atoms with Crippen molar-refractivity contribution in [2.45, 2.75) is 33.7 Å². The van der Waals surface area contributed by atoms with Crippen molar-refractivity contribution >= 4 is 17.7 Å². The number of benzene rings is 2. The van der Waals surface area contributed by atoms with Crippen LogP contribution >= 0.6 is 0 Å². The van der Waals surface area contributed by atoms with Gasteiger partial charge in [0.05, 0.1) is 11.3 Å². The SMILES string of the molecule is Cc1ccc(-c2nn(-c3ccccc3)cc2C(=O)N2CCN(C(=O)C(=O)NC(C)C)CC2)cc1C. The third kappa shape index (κ3) is 5.26. The van der Waals surface area contributed by atoms with Crippen molar-refractivity contribution in [3.05, 3.63) is 71.4 Å². The molecule has 8 heteroatoms. The topological polar surface area (TPSA) is 87.5 Å². The summed E-state index contributed by atoms with van der Waals surface area (Å²) in [6.45, 7) is 9.03. The average molecular weight is 474 g/mol. The Hall–Kier alpha value is -3.94. The van der Waals surface area contributed by atoms with Gasteiger partial charge >= 0.3 is 11.8 Å². The minimum atomic E-state index is -0.610. The lowest BCUT2D eigenvalue weighted by molar-refractivity contribution is -0.147. The number of piperazine rings is 1. The largest absolute Gasteiger partial charge is 0.346 e. The molecule has 1 aliphatic heterocycles. The molecule has 0 atom stereocenters. The number of carbonyl (C=O) groups excluding carboxylic acids is 3. The summed E-state index contributed by atoms with van der Waals surface area (Å²) in [5, 5.41) is 7.41. The van der Waals surface area contributed by atoms with Gasteiger partial charge in [-0.15, -0.1) is 0 Å². The summed E-state index contributed by atoms with van der Waals surface area (Å²) < 4.78 is 1.73. The Balaban J connectivity index is 1.58. The van der Waals surface area contributed by atoms with Gasteiger partial charge in [-0.05, 0) is 57.0 Å². The van der Waals surface area contributed by atoms with Crippen molar-refractivity contribution in [1.82, 2.24) is 24.9 Å². The van der Waals surface area contributed by atoms with Crippen LogP contribution in [-0.4, -0.2) is 69.5 Å². The Labute approximate surface area is 205 Å².